The zero-order chi connectivity index (χ0) is 28.9. The van der Waals surface area contributed by atoms with Crippen molar-refractivity contribution in [2.75, 3.05) is 20.1 Å². The van der Waals surface area contributed by atoms with E-state index in [0.717, 1.165) is 24.8 Å². The number of carboxylic acids is 1. The highest BCUT2D eigenvalue weighted by atomic mass is 16.5. The Hall–Kier alpha value is -3.62. The van der Waals surface area contributed by atoms with E-state index in [9.17, 15) is 24.3 Å². The fraction of sp³-hybridized carbons (Fsp3) is 0.533. The summed E-state index contributed by atoms with van der Waals surface area (Å²) in [7, 11) is 1.71. The Morgan fingerprint density at radius 2 is 1.67 bits per heavy atom. The number of carbonyl (C=O) groups is 4. The van der Waals surface area contributed by atoms with Gasteiger partial charge in [-0.05, 0) is 63.4 Å². The minimum Gasteiger partial charge on any atom is -0.481 e. The maximum atomic E-state index is 13.2. The summed E-state index contributed by atoms with van der Waals surface area (Å²) < 4.78 is 5.20. The van der Waals surface area contributed by atoms with Crippen LogP contribution in [0.1, 0.15) is 69.8 Å². The molecule has 1 aromatic rings. The highest BCUT2D eigenvalue weighted by Crippen LogP contribution is 2.16. The Labute approximate surface area is 232 Å². The summed E-state index contributed by atoms with van der Waals surface area (Å²) in [6, 6.07) is 8.60. The molecule has 0 radical (unpaired) electrons. The number of aliphatic carboxylic acids is 1. The summed E-state index contributed by atoms with van der Waals surface area (Å²) in [6.45, 7) is 8.47. The van der Waals surface area contributed by atoms with Crippen LogP contribution < -0.4 is 10.6 Å². The van der Waals surface area contributed by atoms with Gasteiger partial charge in [0.1, 0.15) is 12.6 Å². The van der Waals surface area contributed by atoms with Gasteiger partial charge in [0.15, 0.2) is 0 Å². The standard InChI is InChI=1S/C30H45N3O6/c1-4-6-8-15-21-33(3)29(37)26(32-28(36)25(22-27(34)35)18-10-7-5-2)19-13-14-20-31-30(38)39-23-24-16-11-9-12-17-24/h4-5,9,11-12,16-17,25-26H,1-2,6-8,10,13-15,18-23H2,3H3,(H,31,38)(H,32,36)(H,34,35)/t25?,26-/m0/s1. The lowest BCUT2D eigenvalue weighted by atomic mass is 9.96. The third-order valence-electron chi connectivity index (χ3n) is 6.30. The Morgan fingerprint density at radius 1 is 0.974 bits per heavy atom. The lowest BCUT2D eigenvalue weighted by Gasteiger charge is -2.26. The minimum absolute atomic E-state index is 0.179. The molecule has 0 fully saturated rings. The zero-order valence-corrected chi connectivity index (χ0v) is 23.2. The van der Waals surface area contributed by atoms with Crippen LogP contribution in [-0.4, -0.2) is 60.1 Å². The number of hydrogen-bond donors (Lipinski definition) is 3. The molecule has 0 heterocycles. The minimum atomic E-state index is -1.05. The summed E-state index contributed by atoms with van der Waals surface area (Å²) >= 11 is 0. The number of benzene rings is 1. The third-order valence-corrected chi connectivity index (χ3v) is 6.30. The molecule has 0 saturated heterocycles. The van der Waals surface area contributed by atoms with Crippen molar-refractivity contribution in [3.8, 4) is 0 Å². The average molecular weight is 544 g/mol. The summed E-state index contributed by atoms with van der Waals surface area (Å²) in [5.74, 6) is -2.42. The predicted octanol–water partition coefficient (Wildman–Crippen LogP) is 4.83. The van der Waals surface area contributed by atoms with Gasteiger partial charge in [-0.15, -0.1) is 13.2 Å². The zero-order valence-electron chi connectivity index (χ0n) is 23.2. The van der Waals surface area contributed by atoms with Gasteiger partial charge in [-0.3, -0.25) is 14.4 Å². The number of rotatable bonds is 21. The molecular formula is C30H45N3O6. The first-order valence-corrected chi connectivity index (χ1v) is 13.7. The molecule has 0 bridgehead atoms. The molecule has 39 heavy (non-hydrogen) atoms. The van der Waals surface area contributed by atoms with Crippen LogP contribution in [0, 0.1) is 5.92 Å². The molecule has 9 heteroatoms. The number of hydrogen-bond acceptors (Lipinski definition) is 5. The molecule has 3 amide bonds. The molecule has 1 aromatic carbocycles. The van der Waals surface area contributed by atoms with E-state index in [4.69, 9.17) is 4.74 Å². The smallest absolute Gasteiger partial charge is 0.407 e. The Balaban J connectivity index is 2.66. The van der Waals surface area contributed by atoms with Gasteiger partial charge >= 0.3 is 12.1 Å². The number of nitrogens with one attached hydrogen (secondary N) is 2. The summed E-state index contributed by atoms with van der Waals surface area (Å²) in [5.41, 5.74) is 0.893. The first-order chi connectivity index (χ1) is 18.8. The molecule has 0 aliphatic carbocycles. The Bertz CT molecular complexity index is 905. The van der Waals surface area contributed by atoms with Crippen LogP contribution in [0.2, 0.25) is 0 Å². The number of ether oxygens (including phenoxy) is 1. The van der Waals surface area contributed by atoms with Crippen molar-refractivity contribution >= 4 is 23.9 Å². The van der Waals surface area contributed by atoms with E-state index >= 15 is 0 Å². The topological polar surface area (TPSA) is 125 Å². The van der Waals surface area contributed by atoms with Crippen molar-refractivity contribution in [2.24, 2.45) is 5.92 Å². The lowest BCUT2D eigenvalue weighted by Crippen LogP contribution is -2.49. The van der Waals surface area contributed by atoms with E-state index in [1.54, 1.807) is 18.0 Å². The highest BCUT2D eigenvalue weighted by Gasteiger charge is 2.28. The van der Waals surface area contributed by atoms with Crippen molar-refractivity contribution in [1.82, 2.24) is 15.5 Å². The summed E-state index contributed by atoms with van der Waals surface area (Å²) in [6.07, 6.45) is 8.59. The first-order valence-electron chi connectivity index (χ1n) is 13.7. The van der Waals surface area contributed by atoms with Gasteiger partial charge in [0.2, 0.25) is 11.8 Å². The molecule has 216 valence electrons. The van der Waals surface area contributed by atoms with Crippen molar-refractivity contribution < 1.29 is 29.0 Å². The van der Waals surface area contributed by atoms with Crippen LogP contribution in [0.25, 0.3) is 0 Å². The number of amides is 3. The average Bonchev–Trinajstić information content (AvgIpc) is 2.92. The molecule has 0 spiro atoms. The number of carbonyl (C=O) groups excluding carboxylic acids is 3. The molecule has 0 aliphatic heterocycles. The number of carboxylic acid groups (broad SMARTS) is 1. The second-order valence-corrected chi connectivity index (χ2v) is 9.60. The van der Waals surface area contributed by atoms with Crippen LogP contribution >= 0.6 is 0 Å². The van der Waals surface area contributed by atoms with Crippen LogP contribution in [0.5, 0.6) is 0 Å². The van der Waals surface area contributed by atoms with E-state index < -0.39 is 29.9 Å². The normalized spacial score (nSPS) is 12.0. The Morgan fingerprint density at radius 3 is 2.33 bits per heavy atom. The molecule has 1 rings (SSSR count). The molecular weight excluding hydrogens is 498 g/mol. The number of allylic oxidation sites excluding steroid dienone is 2. The highest BCUT2D eigenvalue weighted by molar-refractivity contribution is 5.89. The van der Waals surface area contributed by atoms with E-state index in [0.29, 0.717) is 51.6 Å². The molecule has 9 nitrogen and oxygen atoms in total. The van der Waals surface area contributed by atoms with Crippen LogP contribution in [0.15, 0.2) is 55.6 Å². The van der Waals surface area contributed by atoms with Gasteiger partial charge in [0, 0.05) is 26.1 Å². The molecule has 1 unspecified atom stereocenters. The van der Waals surface area contributed by atoms with Gasteiger partial charge in [0.05, 0.1) is 6.42 Å². The molecule has 3 N–H and O–H groups in total. The third kappa shape index (κ3) is 15.4. The summed E-state index contributed by atoms with van der Waals surface area (Å²) in [4.78, 5) is 51.1. The van der Waals surface area contributed by atoms with Gasteiger partial charge < -0.3 is 25.4 Å². The maximum absolute atomic E-state index is 13.2. The van der Waals surface area contributed by atoms with E-state index in [-0.39, 0.29) is 18.9 Å². The molecule has 2 atom stereocenters. The van der Waals surface area contributed by atoms with Crippen LogP contribution in [-0.2, 0) is 25.7 Å². The van der Waals surface area contributed by atoms with Crippen molar-refractivity contribution in [3.63, 3.8) is 0 Å². The van der Waals surface area contributed by atoms with E-state index in [1.165, 1.54) is 0 Å². The second-order valence-electron chi connectivity index (χ2n) is 9.60. The van der Waals surface area contributed by atoms with Crippen LogP contribution in [0.3, 0.4) is 0 Å². The van der Waals surface area contributed by atoms with Crippen molar-refractivity contribution in [1.29, 1.82) is 0 Å². The summed E-state index contributed by atoms with van der Waals surface area (Å²) in [5, 5.41) is 14.8. The fourth-order valence-corrected chi connectivity index (χ4v) is 4.04. The van der Waals surface area contributed by atoms with Crippen molar-refractivity contribution in [3.05, 3.63) is 61.2 Å². The number of likely N-dealkylation sites (N-methyl/N-ethyl adjacent to an activating group) is 1. The molecule has 0 aliphatic rings. The predicted molar refractivity (Wildman–Crippen MR) is 152 cm³/mol. The fourth-order valence-electron chi connectivity index (χ4n) is 4.04. The lowest BCUT2D eigenvalue weighted by molar-refractivity contribution is -0.142. The first kappa shape index (κ1) is 33.4. The second kappa shape index (κ2) is 20.4. The van der Waals surface area contributed by atoms with Gasteiger partial charge in [0.25, 0.3) is 0 Å². The molecule has 0 saturated carbocycles. The van der Waals surface area contributed by atoms with Gasteiger partial charge in [-0.1, -0.05) is 42.5 Å². The monoisotopic (exact) mass is 543 g/mol. The van der Waals surface area contributed by atoms with Crippen molar-refractivity contribution in [2.45, 2.75) is 76.9 Å². The SMILES string of the molecule is C=CCCCCN(C)C(=O)[C@H](CCCCNC(=O)OCc1ccccc1)NC(=O)C(CCCC=C)CC(=O)O. The van der Waals surface area contributed by atoms with Crippen LogP contribution in [0.4, 0.5) is 4.79 Å². The molecule has 0 aromatic heterocycles. The quantitative estimate of drug-likeness (QED) is 0.151. The Kier molecular flexibility index (Phi) is 17.4. The number of unbranched alkanes of at least 4 members (excludes halogenated alkanes) is 4. The maximum Gasteiger partial charge on any atom is 0.407 e. The van der Waals surface area contributed by atoms with E-state index in [1.807, 2.05) is 36.4 Å². The van der Waals surface area contributed by atoms with Gasteiger partial charge in [-0.2, -0.15) is 0 Å². The number of nitrogens with zero attached hydrogens (tertiary/aromatic N) is 1. The number of alkyl carbamates (subject to hydrolysis) is 1. The largest absolute Gasteiger partial charge is 0.481 e. The van der Waals surface area contributed by atoms with Gasteiger partial charge in [-0.25, -0.2) is 4.79 Å². The van der Waals surface area contributed by atoms with E-state index in [2.05, 4.69) is 23.8 Å².